The number of rotatable bonds is 4. The van der Waals surface area contributed by atoms with Gasteiger partial charge in [0.05, 0.1) is 23.6 Å². The highest BCUT2D eigenvalue weighted by Gasteiger charge is 2.08. The maximum absolute atomic E-state index is 11.9. The van der Waals surface area contributed by atoms with Crippen molar-refractivity contribution in [2.75, 3.05) is 17.7 Å². The highest BCUT2D eigenvalue weighted by atomic mass is 16.3. The van der Waals surface area contributed by atoms with Crippen LogP contribution >= 0.6 is 0 Å². The minimum atomic E-state index is -0.248. The van der Waals surface area contributed by atoms with Crippen LogP contribution in [0.1, 0.15) is 13.3 Å². The SMILES string of the molecule is CCC(CO)Nc1nc2ccc(N)cc2c(=O)[nH]1. The van der Waals surface area contributed by atoms with Gasteiger partial charge in [0.15, 0.2) is 0 Å². The molecule has 96 valence electrons. The predicted octanol–water partition coefficient (Wildman–Crippen LogP) is 0.688. The third kappa shape index (κ3) is 2.43. The molecule has 0 radical (unpaired) electrons. The van der Waals surface area contributed by atoms with Gasteiger partial charge in [0, 0.05) is 5.69 Å². The Morgan fingerprint density at radius 2 is 2.33 bits per heavy atom. The van der Waals surface area contributed by atoms with Crippen molar-refractivity contribution >= 4 is 22.5 Å². The van der Waals surface area contributed by atoms with Crippen molar-refractivity contribution in [3.05, 3.63) is 28.6 Å². The zero-order valence-corrected chi connectivity index (χ0v) is 10.1. The van der Waals surface area contributed by atoms with Gasteiger partial charge in [-0.3, -0.25) is 9.78 Å². The van der Waals surface area contributed by atoms with Gasteiger partial charge in [-0.15, -0.1) is 0 Å². The Bertz CT molecular complexity index is 605. The summed E-state index contributed by atoms with van der Waals surface area (Å²) >= 11 is 0. The highest BCUT2D eigenvalue weighted by Crippen LogP contribution is 2.13. The average Bonchev–Trinajstić information content (AvgIpc) is 2.37. The molecule has 2 rings (SSSR count). The van der Waals surface area contributed by atoms with E-state index in [1.165, 1.54) is 0 Å². The van der Waals surface area contributed by atoms with Gasteiger partial charge in [0.25, 0.3) is 5.56 Å². The van der Waals surface area contributed by atoms with Crippen LogP contribution in [-0.2, 0) is 0 Å². The topological polar surface area (TPSA) is 104 Å². The summed E-state index contributed by atoms with van der Waals surface area (Å²) in [7, 11) is 0. The molecule has 0 saturated heterocycles. The molecule has 0 saturated carbocycles. The number of nitrogens with two attached hydrogens (primary N) is 1. The Balaban J connectivity index is 2.43. The van der Waals surface area contributed by atoms with Gasteiger partial charge >= 0.3 is 0 Å². The number of nitrogens with one attached hydrogen (secondary N) is 2. The van der Waals surface area contributed by atoms with E-state index >= 15 is 0 Å². The number of benzene rings is 1. The molecule has 0 aliphatic carbocycles. The van der Waals surface area contributed by atoms with Crippen LogP contribution in [0.2, 0.25) is 0 Å². The van der Waals surface area contributed by atoms with E-state index in [4.69, 9.17) is 10.8 Å². The van der Waals surface area contributed by atoms with Gasteiger partial charge in [-0.25, -0.2) is 4.98 Å². The second kappa shape index (κ2) is 5.05. The maximum atomic E-state index is 11.9. The first-order chi connectivity index (χ1) is 8.63. The van der Waals surface area contributed by atoms with Crippen LogP contribution < -0.4 is 16.6 Å². The van der Waals surface area contributed by atoms with E-state index in [0.717, 1.165) is 6.42 Å². The van der Waals surface area contributed by atoms with Gasteiger partial charge in [0.2, 0.25) is 5.95 Å². The van der Waals surface area contributed by atoms with Crippen LogP contribution in [0.25, 0.3) is 10.9 Å². The maximum Gasteiger partial charge on any atom is 0.260 e. The Labute approximate surface area is 104 Å². The molecule has 0 fully saturated rings. The highest BCUT2D eigenvalue weighted by molar-refractivity contribution is 5.81. The Morgan fingerprint density at radius 3 is 3.00 bits per heavy atom. The second-order valence-electron chi connectivity index (χ2n) is 4.12. The monoisotopic (exact) mass is 248 g/mol. The summed E-state index contributed by atoms with van der Waals surface area (Å²) in [6.07, 6.45) is 0.736. The summed E-state index contributed by atoms with van der Waals surface area (Å²) in [6.45, 7) is 1.92. The molecule has 5 N–H and O–H groups in total. The standard InChI is InChI=1S/C12H16N4O2/c1-2-8(6-17)14-12-15-10-4-3-7(13)5-9(10)11(18)16-12/h3-5,8,17H,2,6,13H2,1H3,(H2,14,15,16,18). The number of hydrogen-bond acceptors (Lipinski definition) is 5. The van der Waals surface area contributed by atoms with E-state index in [1.807, 2.05) is 6.92 Å². The summed E-state index contributed by atoms with van der Waals surface area (Å²) in [6, 6.07) is 4.86. The predicted molar refractivity (Wildman–Crippen MR) is 71.6 cm³/mol. The van der Waals surface area contributed by atoms with Crippen molar-refractivity contribution in [2.24, 2.45) is 0 Å². The lowest BCUT2D eigenvalue weighted by Crippen LogP contribution is -2.25. The number of aromatic nitrogens is 2. The van der Waals surface area contributed by atoms with E-state index in [9.17, 15) is 4.79 Å². The van der Waals surface area contributed by atoms with Gasteiger partial charge in [0.1, 0.15) is 0 Å². The third-order valence-corrected chi connectivity index (χ3v) is 2.78. The molecule has 6 nitrogen and oxygen atoms in total. The zero-order chi connectivity index (χ0) is 13.1. The fraction of sp³-hybridized carbons (Fsp3) is 0.333. The number of aliphatic hydroxyl groups is 1. The van der Waals surface area contributed by atoms with Crippen LogP contribution in [0.15, 0.2) is 23.0 Å². The fourth-order valence-corrected chi connectivity index (χ4v) is 1.69. The summed E-state index contributed by atoms with van der Waals surface area (Å²) in [4.78, 5) is 18.8. The molecule has 1 heterocycles. The number of nitrogens with zero attached hydrogens (tertiary/aromatic N) is 1. The van der Waals surface area contributed by atoms with Gasteiger partial charge in [-0.2, -0.15) is 0 Å². The first-order valence-corrected chi connectivity index (χ1v) is 5.81. The molecule has 1 atom stereocenters. The second-order valence-corrected chi connectivity index (χ2v) is 4.12. The molecular formula is C12H16N4O2. The average molecular weight is 248 g/mol. The number of anilines is 2. The van der Waals surface area contributed by atoms with E-state index in [-0.39, 0.29) is 18.2 Å². The first-order valence-electron chi connectivity index (χ1n) is 5.81. The number of nitrogen functional groups attached to an aromatic ring is 1. The number of H-pyrrole nitrogens is 1. The Morgan fingerprint density at radius 1 is 1.56 bits per heavy atom. The minimum Gasteiger partial charge on any atom is -0.399 e. The fourth-order valence-electron chi connectivity index (χ4n) is 1.69. The number of aromatic amines is 1. The quantitative estimate of drug-likeness (QED) is 0.596. The lowest BCUT2D eigenvalue weighted by atomic mass is 10.2. The molecule has 0 aliphatic heterocycles. The number of hydrogen-bond donors (Lipinski definition) is 4. The van der Waals surface area contributed by atoms with E-state index in [2.05, 4.69) is 15.3 Å². The molecule has 2 aromatic rings. The molecule has 0 amide bonds. The van der Waals surface area contributed by atoms with Crippen molar-refractivity contribution in [3.63, 3.8) is 0 Å². The largest absolute Gasteiger partial charge is 0.399 e. The van der Waals surface area contributed by atoms with Gasteiger partial charge in [-0.1, -0.05) is 6.92 Å². The molecule has 0 spiro atoms. The van der Waals surface area contributed by atoms with Gasteiger partial charge < -0.3 is 16.2 Å². The minimum absolute atomic E-state index is 0.0139. The van der Waals surface area contributed by atoms with Crippen LogP contribution in [0.5, 0.6) is 0 Å². The Hall–Kier alpha value is -2.08. The van der Waals surface area contributed by atoms with E-state index in [1.54, 1.807) is 18.2 Å². The third-order valence-electron chi connectivity index (χ3n) is 2.78. The lowest BCUT2D eigenvalue weighted by Gasteiger charge is -2.14. The van der Waals surface area contributed by atoms with Crippen molar-refractivity contribution in [3.8, 4) is 0 Å². The number of aliphatic hydroxyl groups excluding tert-OH is 1. The van der Waals surface area contributed by atoms with Crippen molar-refractivity contribution < 1.29 is 5.11 Å². The molecule has 0 bridgehead atoms. The molecule has 18 heavy (non-hydrogen) atoms. The normalized spacial score (nSPS) is 12.6. The van der Waals surface area contributed by atoms with Crippen LogP contribution in [-0.4, -0.2) is 27.7 Å². The zero-order valence-electron chi connectivity index (χ0n) is 10.1. The summed E-state index contributed by atoms with van der Waals surface area (Å²) < 4.78 is 0. The summed E-state index contributed by atoms with van der Waals surface area (Å²) in [5.74, 6) is 0.359. The molecule has 1 aromatic carbocycles. The van der Waals surface area contributed by atoms with Gasteiger partial charge in [-0.05, 0) is 24.6 Å². The molecule has 6 heteroatoms. The van der Waals surface area contributed by atoms with E-state index in [0.29, 0.717) is 22.5 Å². The number of fused-ring (bicyclic) bond motifs is 1. The van der Waals surface area contributed by atoms with Crippen LogP contribution in [0, 0.1) is 0 Å². The molecule has 0 aliphatic rings. The van der Waals surface area contributed by atoms with Crippen molar-refractivity contribution in [2.45, 2.75) is 19.4 Å². The smallest absolute Gasteiger partial charge is 0.260 e. The van der Waals surface area contributed by atoms with Crippen molar-refractivity contribution in [1.82, 2.24) is 9.97 Å². The molecule has 1 unspecified atom stereocenters. The Kier molecular flexibility index (Phi) is 3.47. The first kappa shape index (κ1) is 12.4. The lowest BCUT2D eigenvalue weighted by molar-refractivity contribution is 0.271. The van der Waals surface area contributed by atoms with Crippen LogP contribution in [0.4, 0.5) is 11.6 Å². The van der Waals surface area contributed by atoms with Crippen molar-refractivity contribution in [1.29, 1.82) is 0 Å². The summed E-state index contributed by atoms with van der Waals surface area (Å²) in [5.41, 5.74) is 6.48. The van der Waals surface area contributed by atoms with Crippen LogP contribution in [0.3, 0.4) is 0 Å². The summed E-state index contributed by atoms with van der Waals surface area (Å²) in [5, 5.41) is 12.5. The molecule has 1 aromatic heterocycles. The molecular weight excluding hydrogens is 232 g/mol. The van der Waals surface area contributed by atoms with E-state index < -0.39 is 0 Å².